The summed E-state index contributed by atoms with van der Waals surface area (Å²) in [5.74, 6) is -0.537. The molecule has 1 aromatic carbocycles. The van der Waals surface area contributed by atoms with Gasteiger partial charge in [0.05, 0.1) is 18.2 Å². The number of nitrogens with zero attached hydrogens (tertiary/aromatic N) is 1. The molecule has 1 unspecified atom stereocenters. The first-order valence-corrected chi connectivity index (χ1v) is 8.78. The van der Waals surface area contributed by atoms with Crippen LogP contribution in [-0.4, -0.2) is 49.4 Å². The maximum Gasteiger partial charge on any atom is 0.416 e. The Morgan fingerprint density at radius 2 is 2.04 bits per heavy atom. The molecule has 1 saturated heterocycles. The Bertz CT molecular complexity index is 972. The highest BCUT2D eigenvalue weighted by atomic mass is 35.5. The third-order valence-electron chi connectivity index (χ3n) is 4.64. The molecule has 2 heterocycles. The number of ether oxygens (including phenoxy) is 2. The van der Waals surface area contributed by atoms with Gasteiger partial charge in [0.25, 0.3) is 5.91 Å². The van der Waals surface area contributed by atoms with E-state index in [4.69, 9.17) is 20.8 Å². The van der Waals surface area contributed by atoms with Gasteiger partial charge in [-0.15, -0.1) is 0 Å². The summed E-state index contributed by atoms with van der Waals surface area (Å²) in [6, 6.07) is 2.94. The van der Waals surface area contributed by atoms with Crippen LogP contribution in [0.5, 0.6) is 5.75 Å². The van der Waals surface area contributed by atoms with Gasteiger partial charge < -0.3 is 18.8 Å². The predicted octanol–water partition coefficient (Wildman–Crippen LogP) is 3.23. The number of benzene rings is 1. The van der Waals surface area contributed by atoms with E-state index in [0.717, 1.165) is 4.90 Å². The summed E-state index contributed by atoms with van der Waals surface area (Å²) >= 11 is 6.18. The van der Waals surface area contributed by atoms with Crippen LogP contribution in [0.4, 0.5) is 13.2 Å². The van der Waals surface area contributed by atoms with Gasteiger partial charge in [-0.3, -0.25) is 4.79 Å². The monoisotopic (exact) mass is 419 g/mol. The fraction of sp³-hybridized carbons (Fsp3) is 0.444. The lowest BCUT2D eigenvalue weighted by atomic mass is 10.1. The number of hydrogen-bond donors (Lipinski definition) is 0. The molecule has 0 N–H and O–H groups in total. The van der Waals surface area contributed by atoms with Crippen LogP contribution in [0, 0.1) is 13.8 Å². The normalized spacial score (nSPS) is 17.8. The lowest BCUT2D eigenvalue weighted by Crippen LogP contribution is -2.52. The van der Waals surface area contributed by atoms with Gasteiger partial charge in [0, 0.05) is 23.6 Å². The van der Waals surface area contributed by atoms with Crippen molar-refractivity contribution in [2.75, 3.05) is 26.3 Å². The lowest BCUT2D eigenvalue weighted by Gasteiger charge is -2.33. The molecule has 152 valence electrons. The van der Waals surface area contributed by atoms with Crippen LogP contribution >= 0.6 is 11.6 Å². The largest absolute Gasteiger partial charge is 0.482 e. The number of amides is 1. The maximum absolute atomic E-state index is 12.8. The number of hydrogen-bond acceptors (Lipinski definition) is 5. The molecule has 1 fully saturated rings. The molecule has 3 rings (SSSR count). The van der Waals surface area contributed by atoms with Crippen molar-refractivity contribution in [1.29, 1.82) is 0 Å². The van der Waals surface area contributed by atoms with Gasteiger partial charge in [-0.25, -0.2) is 4.79 Å². The van der Waals surface area contributed by atoms with E-state index in [1.165, 1.54) is 6.07 Å². The second-order valence-electron chi connectivity index (χ2n) is 6.45. The number of carbonyl (C=O) groups excluding carboxylic acids is 1. The summed E-state index contributed by atoms with van der Waals surface area (Å²) < 4.78 is 53.6. The van der Waals surface area contributed by atoms with Gasteiger partial charge in [-0.1, -0.05) is 11.6 Å². The summed E-state index contributed by atoms with van der Waals surface area (Å²) in [5, 5.41) is 0.814. The highest BCUT2D eigenvalue weighted by molar-refractivity contribution is 6.32. The van der Waals surface area contributed by atoms with Crippen molar-refractivity contribution in [2.24, 2.45) is 0 Å². The number of carbonyl (C=O) groups is 1. The van der Waals surface area contributed by atoms with E-state index >= 15 is 0 Å². The Labute approximate surface area is 162 Å². The molecule has 28 heavy (non-hydrogen) atoms. The molecular weight excluding hydrogens is 403 g/mol. The second kappa shape index (κ2) is 7.63. The molecular formula is C18H17ClF3NO5. The van der Waals surface area contributed by atoms with E-state index in [-0.39, 0.29) is 29.5 Å². The number of fused-ring (bicyclic) bond motifs is 1. The Kier molecular flexibility index (Phi) is 5.58. The minimum atomic E-state index is -4.55. The molecule has 10 heteroatoms. The van der Waals surface area contributed by atoms with Crippen LogP contribution < -0.4 is 10.4 Å². The summed E-state index contributed by atoms with van der Waals surface area (Å²) in [4.78, 5) is 25.1. The minimum Gasteiger partial charge on any atom is -0.482 e. The molecule has 0 aliphatic carbocycles. The fourth-order valence-corrected chi connectivity index (χ4v) is 3.08. The van der Waals surface area contributed by atoms with Gasteiger partial charge >= 0.3 is 11.8 Å². The molecule has 0 saturated carbocycles. The molecule has 1 aliphatic heterocycles. The molecule has 1 aromatic heterocycles. The van der Waals surface area contributed by atoms with Crippen LogP contribution in [0.15, 0.2) is 21.3 Å². The average molecular weight is 420 g/mol. The van der Waals surface area contributed by atoms with Crippen LogP contribution in [0.25, 0.3) is 11.0 Å². The zero-order valence-electron chi connectivity index (χ0n) is 15.1. The topological polar surface area (TPSA) is 69.0 Å². The molecule has 2 aromatic rings. The first kappa shape index (κ1) is 20.5. The van der Waals surface area contributed by atoms with Crippen molar-refractivity contribution in [1.82, 2.24) is 4.90 Å². The van der Waals surface area contributed by atoms with E-state index in [2.05, 4.69) is 4.74 Å². The number of morpholine rings is 1. The molecule has 0 radical (unpaired) electrons. The number of rotatable bonds is 3. The highest BCUT2D eigenvalue weighted by Gasteiger charge is 2.44. The van der Waals surface area contributed by atoms with Gasteiger partial charge in [0.1, 0.15) is 11.3 Å². The number of halogens is 4. The smallest absolute Gasteiger partial charge is 0.416 e. The van der Waals surface area contributed by atoms with Crippen molar-refractivity contribution in [3.63, 3.8) is 0 Å². The zero-order chi connectivity index (χ0) is 20.6. The van der Waals surface area contributed by atoms with Gasteiger partial charge in [-0.05, 0) is 25.5 Å². The number of alkyl halides is 3. The fourth-order valence-electron chi connectivity index (χ4n) is 2.86. The highest BCUT2D eigenvalue weighted by Crippen LogP contribution is 2.32. The number of aryl methyl sites for hydroxylation is 1. The Morgan fingerprint density at radius 3 is 2.71 bits per heavy atom. The molecule has 1 aliphatic rings. The standard InChI is InChI=1S/C18H17ClF3NO5/c1-9-10(2)17(25)28-13-6-14(12(19)5-11(9)13)27-8-16(24)23-3-4-26-15(7-23)18(20,21)22/h5-6,15H,3-4,7-8H2,1-2H3. The quantitative estimate of drug-likeness (QED) is 0.714. The summed E-state index contributed by atoms with van der Waals surface area (Å²) in [6.45, 7) is 2.11. The molecule has 0 spiro atoms. The van der Waals surface area contributed by atoms with Crippen molar-refractivity contribution < 1.29 is 31.9 Å². The third-order valence-corrected chi connectivity index (χ3v) is 4.94. The second-order valence-corrected chi connectivity index (χ2v) is 6.85. The predicted molar refractivity (Wildman–Crippen MR) is 94.8 cm³/mol. The third kappa shape index (κ3) is 4.10. The Morgan fingerprint density at radius 1 is 1.32 bits per heavy atom. The van der Waals surface area contributed by atoms with Gasteiger partial charge in [0.2, 0.25) is 0 Å². The lowest BCUT2D eigenvalue weighted by molar-refractivity contribution is -0.236. The minimum absolute atomic E-state index is 0.0353. The van der Waals surface area contributed by atoms with Crippen LogP contribution in [-0.2, 0) is 9.53 Å². The first-order chi connectivity index (χ1) is 13.1. The van der Waals surface area contributed by atoms with Crippen molar-refractivity contribution in [2.45, 2.75) is 26.1 Å². The summed E-state index contributed by atoms with van der Waals surface area (Å²) in [6.07, 6.45) is -6.57. The van der Waals surface area contributed by atoms with Crippen LogP contribution in [0.3, 0.4) is 0 Å². The summed E-state index contributed by atoms with van der Waals surface area (Å²) in [5.41, 5.74) is 0.908. The summed E-state index contributed by atoms with van der Waals surface area (Å²) in [7, 11) is 0. The average Bonchev–Trinajstić information content (AvgIpc) is 2.64. The zero-order valence-corrected chi connectivity index (χ0v) is 15.8. The van der Waals surface area contributed by atoms with E-state index in [0.29, 0.717) is 16.5 Å². The van der Waals surface area contributed by atoms with Gasteiger partial charge in [-0.2, -0.15) is 13.2 Å². The molecule has 6 nitrogen and oxygen atoms in total. The van der Waals surface area contributed by atoms with E-state index in [9.17, 15) is 22.8 Å². The van der Waals surface area contributed by atoms with Gasteiger partial charge in [0.15, 0.2) is 12.7 Å². The SMILES string of the molecule is Cc1c(C)c2cc(Cl)c(OCC(=O)N3CCOC(C(F)(F)F)C3)cc2oc1=O. The van der Waals surface area contributed by atoms with Crippen LogP contribution in [0.1, 0.15) is 11.1 Å². The molecule has 1 amide bonds. The van der Waals surface area contributed by atoms with E-state index in [1.54, 1.807) is 19.9 Å². The van der Waals surface area contributed by atoms with E-state index < -0.39 is 37.0 Å². The maximum atomic E-state index is 12.8. The van der Waals surface area contributed by atoms with E-state index in [1.807, 2.05) is 0 Å². The van der Waals surface area contributed by atoms with Crippen molar-refractivity contribution >= 4 is 28.5 Å². The van der Waals surface area contributed by atoms with Crippen molar-refractivity contribution in [3.05, 3.63) is 38.7 Å². The Balaban J connectivity index is 1.74. The van der Waals surface area contributed by atoms with Crippen molar-refractivity contribution in [3.8, 4) is 5.75 Å². The first-order valence-electron chi connectivity index (χ1n) is 8.40. The van der Waals surface area contributed by atoms with Crippen LogP contribution in [0.2, 0.25) is 5.02 Å². The molecule has 1 atom stereocenters. The molecule has 0 bridgehead atoms. The Hall–Kier alpha value is -2.26.